The van der Waals surface area contributed by atoms with Crippen LogP contribution in [-0.4, -0.2) is 5.91 Å². The zero-order valence-electron chi connectivity index (χ0n) is 14.6. The summed E-state index contributed by atoms with van der Waals surface area (Å²) in [6, 6.07) is 23.0. The lowest BCUT2D eigenvalue weighted by atomic mass is 10.1. The molecular weight excluding hydrogens is 359 g/mol. The summed E-state index contributed by atoms with van der Waals surface area (Å²) in [5.74, 6) is 1.19. The van der Waals surface area contributed by atoms with Crippen molar-refractivity contribution in [2.75, 3.05) is 10.6 Å². The Bertz CT molecular complexity index is 1040. The maximum atomic E-state index is 13.2. The molecule has 2 unspecified atom stereocenters. The predicted molar refractivity (Wildman–Crippen MR) is 106 cm³/mol. The largest absolute Gasteiger partial charge is 0.436 e. The average Bonchev–Trinajstić information content (AvgIpc) is 2.96. The molecule has 1 spiro atoms. The maximum Gasteiger partial charge on any atom is 0.333 e. The minimum absolute atomic E-state index is 0.169. The summed E-state index contributed by atoms with van der Waals surface area (Å²) in [5, 5.41) is 5.31. The van der Waals surface area contributed by atoms with Crippen LogP contribution in [-0.2, 0) is 10.1 Å². The first kappa shape index (κ1) is 16.2. The van der Waals surface area contributed by atoms with Crippen LogP contribution in [0.3, 0.4) is 0 Å². The van der Waals surface area contributed by atoms with Crippen LogP contribution < -0.4 is 19.7 Å². The lowest BCUT2D eigenvalue weighted by Crippen LogP contribution is -2.44. The van der Waals surface area contributed by atoms with Crippen LogP contribution in [0.1, 0.15) is 11.1 Å². The number of carbonyl (C=O) groups is 1. The first-order valence-corrected chi connectivity index (χ1v) is 9.85. The van der Waals surface area contributed by atoms with Crippen molar-refractivity contribution < 1.29 is 13.8 Å². The van der Waals surface area contributed by atoms with E-state index in [-0.39, 0.29) is 5.91 Å². The number of hydrogen-bond acceptors (Lipinski definition) is 4. The molecule has 0 aromatic heterocycles. The van der Waals surface area contributed by atoms with Crippen molar-refractivity contribution in [3.63, 3.8) is 0 Å². The lowest BCUT2D eigenvalue weighted by Gasteiger charge is -2.39. The second-order valence-electron chi connectivity index (χ2n) is 6.59. The van der Waals surface area contributed by atoms with Gasteiger partial charge in [-0.3, -0.25) is 4.79 Å². The Kier molecular flexibility index (Phi) is 3.59. The zero-order chi connectivity index (χ0) is 18.4. The number of rotatable bonds is 2. The number of hydrogen-bond donors (Lipinski definition) is 2. The highest BCUT2D eigenvalue weighted by Gasteiger charge is 2.60. The van der Waals surface area contributed by atoms with Crippen LogP contribution in [0.15, 0.2) is 72.8 Å². The monoisotopic (exact) mass is 376 g/mol. The Morgan fingerprint density at radius 2 is 1.74 bits per heavy atom. The third-order valence-electron chi connectivity index (χ3n) is 4.73. The van der Waals surface area contributed by atoms with E-state index >= 15 is 0 Å². The highest BCUT2D eigenvalue weighted by Crippen LogP contribution is 2.64. The quantitative estimate of drug-likeness (QED) is 0.619. The Labute approximate surface area is 158 Å². The van der Waals surface area contributed by atoms with Gasteiger partial charge in [0.1, 0.15) is 5.75 Å². The van der Waals surface area contributed by atoms with E-state index < -0.39 is 13.7 Å². The molecule has 27 heavy (non-hydrogen) atoms. The Morgan fingerprint density at radius 3 is 2.59 bits per heavy atom. The lowest BCUT2D eigenvalue weighted by molar-refractivity contribution is -0.117. The van der Waals surface area contributed by atoms with E-state index in [0.29, 0.717) is 11.5 Å². The molecular formula is C21H17N2O3P. The summed E-state index contributed by atoms with van der Waals surface area (Å²) in [4.78, 5) is 13.2. The van der Waals surface area contributed by atoms with Crippen LogP contribution >= 0.6 is 8.38 Å². The Balaban J connectivity index is 1.67. The van der Waals surface area contributed by atoms with E-state index in [1.807, 2.05) is 79.7 Å². The first-order chi connectivity index (χ1) is 13.2. The SMILES string of the molecule is Cc1ccc2c(c1)OP(Oc1ccccc1)C1(N2)C(=O)Nc2ccccc21. The summed E-state index contributed by atoms with van der Waals surface area (Å²) in [6.07, 6.45) is 0. The standard InChI is InChI=1S/C21H17N2O3P/c1-14-11-12-18-19(13-14)26-27(25-15-7-3-2-4-8-15)21(23-18)16-9-5-6-10-17(16)22-20(21)24/h2-13,23H,1H3,(H,22,24). The molecule has 3 aromatic rings. The van der Waals surface area contributed by atoms with Crippen LogP contribution in [0.2, 0.25) is 0 Å². The van der Waals surface area contributed by atoms with Gasteiger partial charge in [0.2, 0.25) is 5.28 Å². The van der Waals surface area contributed by atoms with Crippen LogP contribution in [0, 0.1) is 6.92 Å². The van der Waals surface area contributed by atoms with Crippen LogP contribution in [0.5, 0.6) is 11.5 Å². The molecule has 0 saturated carbocycles. The van der Waals surface area contributed by atoms with Crippen molar-refractivity contribution in [2.45, 2.75) is 12.2 Å². The third kappa shape index (κ3) is 2.47. The molecule has 0 saturated heterocycles. The molecule has 2 N–H and O–H groups in total. The van der Waals surface area contributed by atoms with Gasteiger partial charge in [0.05, 0.1) is 5.69 Å². The molecule has 0 bridgehead atoms. The predicted octanol–water partition coefficient (Wildman–Crippen LogP) is 5.00. The molecule has 2 aliphatic rings. The molecule has 5 nitrogen and oxygen atoms in total. The smallest absolute Gasteiger partial charge is 0.333 e. The molecule has 5 rings (SSSR count). The highest BCUT2D eigenvalue weighted by molar-refractivity contribution is 7.51. The number of nitrogens with one attached hydrogen (secondary N) is 2. The van der Waals surface area contributed by atoms with Gasteiger partial charge < -0.3 is 19.7 Å². The highest BCUT2D eigenvalue weighted by atomic mass is 31.2. The van der Waals surface area contributed by atoms with Crippen molar-refractivity contribution >= 4 is 25.7 Å². The van der Waals surface area contributed by atoms with Gasteiger partial charge in [0.15, 0.2) is 5.75 Å². The van der Waals surface area contributed by atoms with E-state index in [1.54, 1.807) is 0 Å². The maximum absolute atomic E-state index is 13.2. The van der Waals surface area contributed by atoms with Crippen molar-refractivity contribution in [1.29, 1.82) is 0 Å². The summed E-state index contributed by atoms with van der Waals surface area (Å²) in [6.45, 7) is 2.01. The second-order valence-corrected chi connectivity index (χ2v) is 8.14. The summed E-state index contributed by atoms with van der Waals surface area (Å²) in [5.41, 5.74) is 3.47. The van der Waals surface area contributed by atoms with Gasteiger partial charge in [-0.25, -0.2) is 0 Å². The molecule has 2 atom stereocenters. The minimum atomic E-state index is -1.68. The fourth-order valence-electron chi connectivity index (χ4n) is 3.42. The van der Waals surface area contributed by atoms with E-state index in [4.69, 9.17) is 9.05 Å². The molecule has 2 heterocycles. The van der Waals surface area contributed by atoms with Crippen LogP contribution in [0.4, 0.5) is 11.4 Å². The van der Waals surface area contributed by atoms with Crippen molar-refractivity contribution in [3.05, 3.63) is 83.9 Å². The topological polar surface area (TPSA) is 59.6 Å². The number of para-hydroxylation sites is 2. The summed E-state index contributed by atoms with van der Waals surface area (Å²) < 4.78 is 12.5. The second kappa shape index (κ2) is 6.00. The Morgan fingerprint density at radius 1 is 0.963 bits per heavy atom. The molecule has 0 fully saturated rings. The molecule has 2 aliphatic heterocycles. The van der Waals surface area contributed by atoms with Gasteiger partial charge in [-0.1, -0.05) is 42.5 Å². The van der Waals surface area contributed by atoms with Gasteiger partial charge >= 0.3 is 8.38 Å². The molecule has 1 amide bonds. The number of amides is 1. The number of anilines is 2. The van der Waals surface area contributed by atoms with E-state index in [2.05, 4.69) is 10.6 Å². The number of carbonyl (C=O) groups excluding carboxylic acids is 1. The van der Waals surface area contributed by atoms with Crippen molar-refractivity contribution in [2.24, 2.45) is 0 Å². The molecule has 0 radical (unpaired) electrons. The number of benzene rings is 3. The van der Waals surface area contributed by atoms with E-state index in [0.717, 1.165) is 22.5 Å². The van der Waals surface area contributed by atoms with E-state index in [1.165, 1.54) is 0 Å². The van der Waals surface area contributed by atoms with Gasteiger partial charge in [-0.15, -0.1) is 0 Å². The minimum Gasteiger partial charge on any atom is -0.436 e. The molecule has 6 heteroatoms. The van der Waals surface area contributed by atoms with E-state index in [9.17, 15) is 4.79 Å². The normalized spacial score (nSPS) is 22.3. The molecule has 134 valence electrons. The molecule has 0 aliphatic carbocycles. The number of aryl methyl sites for hydroxylation is 1. The first-order valence-electron chi connectivity index (χ1n) is 8.68. The Hall–Kier alpha value is -3.04. The van der Waals surface area contributed by atoms with Gasteiger partial charge in [-0.2, -0.15) is 0 Å². The summed E-state index contributed by atoms with van der Waals surface area (Å²) >= 11 is 0. The molecule has 3 aromatic carbocycles. The number of fused-ring (bicyclic) bond motifs is 3. The van der Waals surface area contributed by atoms with Gasteiger partial charge in [-0.05, 0) is 42.8 Å². The van der Waals surface area contributed by atoms with Crippen molar-refractivity contribution in [3.8, 4) is 11.5 Å². The zero-order valence-corrected chi connectivity index (χ0v) is 15.5. The van der Waals surface area contributed by atoms with Gasteiger partial charge in [0, 0.05) is 11.3 Å². The van der Waals surface area contributed by atoms with Crippen molar-refractivity contribution in [1.82, 2.24) is 0 Å². The fraction of sp³-hybridized carbons (Fsp3) is 0.0952. The third-order valence-corrected chi connectivity index (χ3v) is 6.58. The summed E-state index contributed by atoms with van der Waals surface area (Å²) in [7, 11) is -1.68. The van der Waals surface area contributed by atoms with Crippen LogP contribution in [0.25, 0.3) is 0 Å². The average molecular weight is 376 g/mol. The fourth-order valence-corrected chi connectivity index (χ4v) is 5.20. The van der Waals surface area contributed by atoms with Gasteiger partial charge in [0.25, 0.3) is 5.91 Å².